The highest BCUT2D eigenvalue weighted by Gasteiger charge is 2.25. The molecule has 0 unspecified atom stereocenters. The standard InChI is InChI=1S/C16H18N4O3S/c1-8-14(24-10(3)18-8)9(2)20(4)16(22)11-5-12-15(17-6-11)23-7-13(21)19-12/h5-6,9H,7H2,1-4H3,(H,19,21)/t9-/m1/s1. The number of carbonyl (C=O) groups is 2. The second-order valence-electron chi connectivity index (χ2n) is 5.69. The van der Waals surface area contributed by atoms with Crippen LogP contribution >= 0.6 is 11.3 Å². The van der Waals surface area contributed by atoms with Gasteiger partial charge in [0.25, 0.3) is 11.8 Å². The van der Waals surface area contributed by atoms with E-state index in [0.717, 1.165) is 15.6 Å². The van der Waals surface area contributed by atoms with Crippen LogP contribution in [-0.4, -0.2) is 40.3 Å². The number of aryl methyl sites for hydroxylation is 2. The molecule has 2 amide bonds. The molecule has 3 rings (SSSR count). The smallest absolute Gasteiger partial charge is 0.262 e. The van der Waals surface area contributed by atoms with Crippen molar-refractivity contribution < 1.29 is 14.3 Å². The zero-order valence-corrected chi connectivity index (χ0v) is 14.7. The van der Waals surface area contributed by atoms with Gasteiger partial charge in [0, 0.05) is 18.1 Å². The van der Waals surface area contributed by atoms with E-state index >= 15 is 0 Å². The zero-order chi connectivity index (χ0) is 17.4. The van der Waals surface area contributed by atoms with Gasteiger partial charge in [-0.15, -0.1) is 11.3 Å². The molecule has 0 fully saturated rings. The number of nitrogens with zero attached hydrogens (tertiary/aromatic N) is 3. The summed E-state index contributed by atoms with van der Waals surface area (Å²) in [5.74, 6) is -0.106. The van der Waals surface area contributed by atoms with E-state index in [1.54, 1.807) is 29.4 Å². The summed E-state index contributed by atoms with van der Waals surface area (Å²) in [6.45, 7) is 5.80. The van der Waals surface area contributed by atoms with Crippen molar-refractivity contribution in [2.75, 3.05) is 19.0 Å². The molecule has 2 aromatic heterocycles. The number of carbonyl (C=O) groups excluding carboxylic acids is 2. The Morgan fingerprint density at radius 1 is 1.46 bits per heavy atom. The maximum absolute atomic E-state index is 12.8. The van der Waals surface area contributed by atoms with Crippen LogP contribution in [0.15, 0.2) is 12.3 Å². The third-order valence-corrected chi connectivity index (χ3v) is 5.18. The molecule has 1 aliphatic rings. The van der Waals surface area contributed by atoms with Crippen LogP contribution in [0.1, 0.15) is 38.9 Å². The van der Waals surface area contributed by atoms with E-state index < -0.39 is 0 Å². The molecule has 7 nitrogen and oxygen atoms in total. The number of ether oxygens (including phenoxy) is 1. The average Bonchev–Trinajstić information content (AvgIpc) is 2.90. The number of pyridine rings is 1. The van der Waals surface area contributed by atoms with E-state index in [2.05, 4.69) is 15.3 Å². The van der Waals surface area contributed by atoms with Gasteiger partial charge >= 0.3 is 0 Å². The number of rotatable bonds is 3. The second kappa shape index (κ2) is 6.20. The third kappa shape index (κ3) is 2.96. The van der Waals surface area contributed by atoms with Crippen LogP contribution in [0.5, 0.6) is 5.88 Å². The first-order valence-corrected chi connectivity index (χ1v) is 8.32. The van der Waals surface area contributed by atoms with Gasteiger partial charge in [0.1, 0.15) is 5.69 Å². The molecular formula is C16H18N4O3S. The van der Waals surface area contributed by atoms with Crippen molar-refractivity contribution in [3.8, 4) is 5.88 Å². The Hall–Kier alpha value is -2.48. The van der Waals surface area contributed by atoms with Gasteiger partial charge in [-0.05, 0) is 26.8 Å². The van der Waals surface area contributed by atoms with Gasteiger partial charge in [0.05, 0.1) is 22.3 Å². The second-order valence-corrected chi connectivity index (χ2v) is 6.92. The Morgan fingerprint density at radius 2 is 2.21 bits per heavy atom. The van der Waals surface area contributed by atoms with Crippen molar-refractivity contribution in [2.45, 2.75) is 26.8 Å². The van der Waals surface area contributed by atoms with Gasteiger partial charge in [0.2, 0.25) is 5.88 Å². The summed E-state index contributed by atoms with van der Waals surface area (Å²) < 4.78 is 5.21. The Bertz CT molecular complexity index is 818. The van der Waals surface area contributed by atoms with Crippen LogP contribution in [0.2, 0.25) is 0 Å². The normalized spacial score (nSPS) is 14.4. The van der Waals surface area contributed by atoms with Crippen LogP contribution in [0, 0.1) is 13.8 Å². The van der Waals surface area contributed by atoms with E-state index in [1.165, 1.54) is 6.20 Å². The Kier molecular flexibility index (Phi) is 4.23. The number of amides is 2. The molecule has 126 valence electrons. The first-order chi connectivity index (χ1) is 11.4. The minimum absolute atomic E-state index is 0.0613. The number of hydrogen-bond donors (Lipinski definition) is 1. The van der Waals surface area contributed by atoms with E-state index in [9.17, 15) is 9.59 Å². The van der Waals surface area contributed by atoms with Crippen LogP contribution in [-0.2, 0) is 4.79 Å². The largest absolute Gasteiger partial charge is 0.466 e. The summed E-state index contributed by atoms with van der Waals surface area (Å²) in [6, 6.07) is 1.49. The molecule has 24 heavy (non-hydrogen) atoms. The molecule has 0 aromatic carbocycles. The lowest BCUT2D eigenvalue weighted by atomic mass is 10.1. The van der Waals surface area contributed by atoms with Crippen molar-refractivity contribution >= 4 is 28.8 Å². The van der Waals surface area contributed by atoms with Gasteiger partial charge in [-0.2, -0.15) is 0 Å². The topological polar surface area (TPSA) is 84.4 Å². The predicted molar refractivity (Wildman–Crippen MR) is 90.5 cm³/mol. The molecule has 0 saturated heterocycles. The SMILES string of the molecule is Cc1nc(C)c([C@@H](C)N(C)C(=O)c2cnc3c(c2)NC(=O)CO3)s1. The Labute approximate surface area is 143 Å². The van der Waals surface area contributed by atoms with Crippen molar-refractivity contribution in [3.63, 3.8) is 0 Å². The average molecular weight is 346 g/mol. The summed E-state index contributed by atoms with van der Waals surface area (Å²) in [7, 11) is 1.75. The van der Waals surface area contributed by atoms with Gasteiger partial charge in [-0.3, -0.25) is 9.59 Å². The first kappa shape index (κ1) is 16.4. The molecule has 8 heteroatoms. The zero-order valence-electron chi connectivity index (χ0n) is 13.9. The fourth-order valence-corrected chi connectivity index (χ4v) is 3.61. The van der Waals surface area contributed by atoms with E-state index in [1.807, 2.05) is 20.8 Å². The lowest BCUT2D eigenvalue weighted by molar-refractivity contribution is -0.118. The number of thiazole rings is 1. The minimum atomic E-state index is -0.258. The summed E-state index contributed by atoms with van der Waals surface area (Å²) in [5, 5.41) is 3.64. The van der Waals surface area contributed by atoms with Gasteiger partial charge in [-0.25, -0.2) is 9.97 Å². The number of fused-ring (bicyclic) bond motifs is 1. The molecule has 0 radical (unpaired) electrons. The molecule has 0 aliphatic carbocycles. The molecule has 1 aliphatic heterocycles. The number of anilines is 1. The van der Waals surface area contributed by atoms with Crippen LogP contribution < -0.4 is 10.1 Å². The lowest BCUT2D eigenvalue weighted by Crippen LogP contribution is -2.30. The molecular weight excluding hydrogens is 328 g/mol. The maximum atomic E-state index is 12.8. The monoisotopic (exact) mass is 346 g/mol. The lowest BCUT2D eigenvalue weighted by Gasteiger charge is -2.25. The molecule has 0 bridgehead atoms. The number of hydrogen-bond acceptors (Lipinski definition) is 6. The van der Waals surface area contributed by atoms with E-state index in [0.29, 0.717) is 17.1 Å². The Balaban J connectivity index is 1.84. The van der Waals surface area contributed by atoms with Crippen molar-refractivity contribution in [1.29, 1.82) is 0 Å². The van der Waals surface area contributed by atoms with Crippen molar-refractivity contribution in [1.82, 2.24) is 14.9 Å². The molecule has 0 saturated carbocycles. The van der Waals surface area contributed by atoms with Crippen LogP contribution in [0.3, 0.4) is 0 Å². The Morgan fingerprint density at radius 3 is 2.88 bits per heavy atom. The fraction of sp³-hybridized carbons (Fsp3) is 0.375. The van der Waals surface area contributed by atoms with Crippen LogP contribution in [0.25, 0.3) is 0 Å². The van der Waals surface area contributed by atoms with Gasteiger partial charge in [0.15, 0.2) is 6.61 Å². The summed E-state index contributed by atoms with van der Waals surface area (Å²) in [4.78, 5) is 35.4. The summed E-state index contributed by atoms with van der Waals surface area (Å²) in [5.41, 5.74) is 1.75. The van der Waals surface area contributed by atoms with E-state index in [-0.39, 0.29) is 24.5 Å². The third-order valence-electron chi connectivity index (χ3n) is 3.93. The highest BCUT2D eigenvalue weighted by molar-refractivity contribution is 7.11. The van der Waals surface area contributed by atoms with Gasteiger partial charge in [-0.1, -0.05) is 0 Å². The van der Waals surface area contributed by atoms with Gasteiger partial charge < -0.3 is 15.0 Å². The van der Waals surface area contributed by atoms with Crippen molar-refractivity contribution in [3.05, 3.63) is 33.4 Å². The number of nitrogens with one attached hydrogen (secondary N) is 1. The number of aromatic nitrogens is 2. The van der Waals surface area contributed by atoms with E-state index in [4.69, 9.17) is 4.74 Å². The predicted octanol–water partition coefficient (Wildman–Crippen LogP) is 2.32. The minimum Gasteiger partial charge on any atom is -0.466 e. The molecule has 2 aromatic rings. The molecule has 0 spiro atoms. The molecule has 1 atom stereocenters. The fourth-order valence-electron chi connectivity index (χ4n) is 2.58. The summed E-state index contributed by atoms with van der Waals surface area (Å²) in [6.07, 6.45) is 1.46. The molecule has 1 N–H and O–H groups in total. The highest BCUT2D eigenvalue weighted by atomic mass is 32.1. The highest BCUT2D eigenvalue weighted by Crippen LogP contribution is 2.30. The first-order valence-electron chi connectivity index (χ1n) is 7.50. The maximum Gasteiger partial charge on any atom is 0.262 e. The van der Waals surface area contributed by atoms with Crippen LogP contribution in [0.4, 0.5) is 5.69 Å². The summed E-state index contributed by atoms with van der Waals surface area (Å²) >= 11 is 1.59. The molecule has 3 heterocycles. The quantitative estimate of drug-likeness (QED) is 0.922. The van der Waals surface area contributed by atoms with Crippen molar-refractivity contribution in [2.24, 2.45) is 0 Å².